The van der Waals surface area contributed by atoms with Crippen LogP contribution in [0.3, 0.4) is 0 Å². The van der Waals surface area contributed by atoms with Gasteiger partial charge in [0.05, 0.1) is 12.6 Å². The molecular weight excluding hydrogens is 360 g/mol. The topological polar surface area (TPSA) is 41.1 Å². The first kappa shape index (κ1) is 21.9. The highest BCUT2D eigenvalue weighted by molar-refractivity contribution is 5.33. The van der Waals surface area contributed by atoms with Crippen molar-refractivity contribution >= 4 is 0 Å². The second-order valence-corrected chi connectivity index (χ2v) is 9.03. The van der Waals surface area contributed by atoms with Crippen LogP contribution in [0.15, 0.2) is 11.5 Å². The average Bonchev–Trinajstić information content (AvgIpc) is 3.13. The maximum atomic E-state index is 9.52. The van der Waals surface area contributed by atoms with Gasteiger partial charge in [0.1, 0.15) is 5.82 Å². The maximum Gasteiger partial charge on any atom is 0.300 e. The largest absolute Gasteiger partial charge is 0.365 e. The summed E-state index contributed by atoms with van der Waals surface area (Å²) in [5.41, 5.74) is 0.270. The molecule has 29 heavy (non-hydrogen) atoms. The summed E-state index contributed by atoms with van der Waals surface area (Å²) < 4.78 is 0. The van der Waals surface area contributed by atoms with Crippen molar-refractivity contribution in [3.63, 3.8) is 0 Å². The Kier molecular flexibility index (Phi) is 8.65. The molecule has 160 valence electrons. The molecule has 0 aliphatic carbocycles. The lowest BCUT2D eigenvalue weighted by molar-refractivity contribution is 0.175. The fourth-order valence-corrected chi connectivity index (χ4v) is 5.16. The third-order valence-corrected chi connectivity index (χ3v) is 6.66. The van der Waals surface area contributed by atoms with Gasteiger partial charge in [-0.2, -0.15) is 0 Å². The highest BCUT2D eigenvalue weighted by atomic mass is 15.4. The van der Waals surface area contributed by atoms with Crippen LogP contribution in [0.1, 0.15) is 51.9 Å². The Bertz CT molecular complexity index is 608. The monoisotopic (exact) mass is 398 g/mol. The predicted octanol–water partition coefficient (Wildman–Crippen LogP) is 3.21. The van der Waals surface area contributed by atoms with Crippen LogP contribution in [0.5, 0.6) is 0 Å². The first-order valence-electron chi connectivity index (χ1n) is 11.7. The quantitative estimate of drug-likeness (QED) is 0.464. The number of nitrogens with zero attached hydrogens (tertiary/aromatic N) is 6. The van der Waals surface area contributed by atoms with Crippen molar-refractivity contribution in [1.82, 2.24) is 19.6 Å². The number of likely N-dealkylation sites (tertiary alicyclic amines) is 2. The number of hydrogen-bond donors (Lipinski definition) is 0. The molecule has 0 spiro atoms. The molecule has 3 saturated heterocycles. The van der Waals surface area contributed by atoms with Gasteiger partial charge in [-0.25, -0.2) is 10.1 Å². The van der Waals surface area contributed by atoms with Gasteiger partial charge in [0, 0.05) is 32.7 Å². The molecule has 0 N–H and O–H groups in total. The molecule has 0 radical (unpaired) electrons. The van der Waals surface area contributed by atoms with Crippen LogP contribution in [0, 0.1) is 23.8 Å². The van der Waals surface area contributed by atoms with Crippen LogP contribution < -0.4 is 0 Å². The van der Waals surface area contributed by atoms with E-state index in [0.29, 0.717) is 0 Å². The smallest absolute Gasteiger partial charge is 0.300 e. The number of hydrogen-bond acceptors (Lipinski definition) is 5. The van der Waals surface area contributed by atoms with Crippen molar-refractivity contribution in [3.8, 4) is 6.07 Å². The highest BCUT2D eigenvalue weighted by Crippen LogP contribution is 2.24. The van der Waals surface area contributed by atoms with E-state index in [1.165, 1.54) is 58.3 Å². The molecule has 3 aliphatic heterocycles. The molecule has 0 bridgehead atoms. The summed E-state index contributed by atoms with van der Waals surface area (Å²) in [6, 6.07) is 2.16. The fraction of sp³-hybridized carbons (Fsp3) is 0.826. The highest BCUT2D eigenvalue weighted by Gasteiger charge is 2.28. The lowest BCUT2D eigenvalue weighted by Crippen LogP contribution is -2.36. The Morgan fingerprint density at radius 3 is 2.14 bits per heavy atom. The van der Waals surface area contributed by atoms with Crippen molar-refractivity contribution in [1.29, 1.82) is 5.26 Å². The molecule has 0 amide bonds. The van der Waals surface area contributed by atoms with Gasteiger partial charge in [-0.05, 0) is 77.2 Å². The zero-order chi connectivity index (χ0) is 20.5. The molecule has 3 aliphatic rings. The molecule has 3 heterocycles. The molecular formula is C23H38N6. The molecule has 3 rings (SSSR count). The van der Waals surface area contributed by atoms with Gasteiger partial charge >= 0.3 is 5.70 Å². The first-order chi connectivity index (χ1) is 14.2. The lowest BCUT2D eigenvalue weighted by Gasteiger charge is -2.32. The summed E-state index contributed by atoms with van der Waals surface area (Å²) in [5, 5.41) is 9.52. The summed E-state index contributed by atoms with van der Waals surface area (Å²) in [4.78, 5) is 13.3. The van der Waals surface area contributed by atoms with E-state index in [1.807, 2.05) is 0 Å². The number of piperidine rings is 2. The number of allylic oxidation sites excluding steroid dienone is 1. The van der Waals surface area contributed by atoms with Crippen LogP contribution in [-0.2, 0) is 0 Å². The van der Waals surface area contributed by atoms with E-state index >= 15 is 0 Å². The number of nitriles is 1. The van der Waals surface area contributed by atoms with E-state index in [1.54, 1.807) is 0 Å². The van der Waals surface area contributed by atoms with Crippen LogP contribution in [0.4, 0.5) is 0 Å². The maximum absolute atomic E-state index is 9.52. The zero-order valence-corrected chi connectivity index (χ0v) is 18.3. The zero-order valence-electron chi connectivity index (χ0n) is 18.3. The second kappa shape index (κ2) is 11.4. The van der Waals surface area contributed by atoms with Gasteiger partial charge in [-0.1, -0.05) is 13.3 Å². The molecule has 3 fully saturated rings. The molecule has 0 aromatic rings. The third kappa shape index (κ3) is 6.36. The summed E-state index contributed by atoms with van der Waals surface area (Å²) >= 11 is 0. The summed E-state index contributed by atoms with van der Waals surface area (Å²) in [7, 11) is 0. The average molecular weight is 399 g/mol. The van der Waals surface area contributed by atoms with Crippen LogP contribution in [0.25, 0.3) is 4.85 Å². The minimum Gasteiger partial charge on any atom is -0.365 e. The molecule has 0 saturated carbocycles. The van der Waals surface area contributed by atoms with Gasteiger partial charge in [-0.15, -0.1) is 0 Å². The van der Waals surface area contributed by atoms with E-state index in [4.69, 9.17) is 6.57 Å². The van der Waals surface area contributed by atoms with Gasteiger partial charge in [0.25, 0.3) is 0 Å². The second-order valence-electron chi connectivity index (χ2n) is 9.03. The molecule has 0 aromatic heterocycles. The van der Waals surface area contributed by atoms with Gasteiger partial charge < -0.3 is 19.6 Å². The van der Waals surface area contributed by atoms with E-state index in [9.17, 15) is 5.26 Å². The van der Waals surface area contributed by atoms with E-state index in [2.05, 4.69) is 37.4 Å². The van der Waals surface area contributed by atoms with Crippen molar-refractivity contribution in [2.24, 2.45) is 5.92 Å². The van der Waals surface area contributed by atoms with Crippen molar-refractivity contribution in [2.75, 3.05) is 65.4 Å². The van der Waals surface area contributed by atoms with Gasteiger partial charge in [0.15, 0.2) is 0 Å². The summed E-state index contributed by atoms with van der Waals surface area (Å²) in [6.07, 6.45) is 8.92. The van der Waals surface area contributed by atoms with E-state index < -0.39 is 0 Å². The Morgan fingerprint density at radius 2 is 1.55 bits per heavy atom. The Hall–Kier alpha value is -1.76. The van der Waals surface area contributed by atoms with Crippen molar-refractivity contribution in [3.05, 3.63) is 22.9 Å². The van der Waals surface area contributed by atoms with Gasteiger partial charge in [0.2, 0.25) is 0 Å². The van der Waals surface area contributed by atoms with Crippen LogP contribution in [0.2, 0.25) is 0 Å². The first-order valence-corrected chi connectivity index (χ1v) is 11.7. The van der Waals surface area contributed by atoms with Crippen molar-refractivity contribution < 1.29 is 0 Å². The molecule has 1 unspecified atom stereocenters. The number of rotatable bonds is 8. The predicted molar refractivity (Wildman–Crippen MR) is 117 cm³/mol. The fourth-order valence-electron chi connectivity index (χ4n) is 5.16. The van der Waals surface area contributed by atoms with Gasteiger partial charge in [-0.3, -0.25) is 0 Å². The minimum atomic E-state index is 0.270. The summed E-state index contributed by atoms with van der Waals surface area (Å²) in [5.74, 6) is 1.71. The Balaban J connectivity index is 1.50. The SMILES string of the molecule is [C-]#[N+]C(C#N)=C1N(CCCN2CCCCC2)CCN1CCCN1CCCC(C)C1. The van der Waals surface area contributed by atoms with Crippen LogP contribution in [-0.4, -0.2) is 85.0 Å². The lowest BCUT2D eigenvalue weighted by atomic mass is 10.0. The molecule has 6 nitrogen and oxygen atoms in total. The van der Waals surface area contributed by atoms with E-state index in [0.717, 1.165) is 63.8 Å². The van der Waals surface area contributed by atoms with Crippen LogP contribution >= 0.6 is 0 Å². The molecule has 6 heteroatoms. The Labute approximate surface area is 177 Å². The minimum absolute atomic E-state index is 0.270. The summed E-state index contributed by atoms with van der Waals surface area (Å²) in [6.45, 7) is 20.8. The van der Waals surface area contributed by atoms with Crippen molar-refractivity contribution in [2.45, 2.75) is 51.9 Å². The normalized spacial score (nSPS) is 25.7. The third-order valence-electron chi connectivity index (χ3n) is 6.66. The molecule has 1 atom stereocenters. The standard InChI is InChI=1S/C23H38N6/c1-21-9-6-12-27(20-21)14-8-16-29-18-17-28(23(29)22(19-24)25-2)15-7-13-26-10-4-3-5-11-26/h21H,3-18,20H2,1H3. The van der Waals surface area contributed by atoms with E-state index in [-0.39, 0.29) is 5.70 Å². The molecule has 0 aromatic carbocycles. The Morgan fingerprint density at radius 1 is 0.931 bits per heavy atom.